The third-order valence-electron chi connectivity index (χ3n) is 4.80. The molecule has 3 unspecified atom stereocenters. The quantitative estimate of drug-likeness (QED) is 0.856. The van der Waals surface area contributed by atoms with Crippen LogP contribution >= 0.6 is 0 Å². The molecule has 1 N–H and O–H groups in total. The first-order valence-electron chi connectivity index (χ1n) is 7.41. The molecule has 2 aliphatic rings. The van der Waals surface area contributed by atoms with Gasteiger partial charge in [-0.25, -0.2) is 4.79 Å². The van der Waals surface area contributed by atoms with Crippen LogP contribution in [-0.2, 0) is 9.53 Å². The molecule has 2 saturated heterocycles. The van der Waals surface area contributed by atoms with Gasteiger partial charge < -0.3 is 19.7 Å². The van der Waals surface area contributed by atoms with Crippen LogP contribution in [0, 0.1) is 5.92 Å². The average molecular weight is 290 g/mol. The lowest BCUT2D eigenvalue weighted by Gasteiger charge is -2.41. The van der Waals surface area contributed by atoms with Crippen LogP contribution in [-0.4, -0.2) is 50.3 Å². The van der Waals surface area contributed by atoms with Crippen molar-refractivity contribution < 1.29 is 14.3 Å². The van der Waals surface area contributed by atoms with E-state index < -0.39 is 5.54 Å². The largest absolute Gasteiger partial charge is 0.497 e. The number of esters is 1. The van der Waals surface area contributed by atoms with E-state index in [4.69, 9.17) is 9.47 Å². The smallest absolute Gasteiger partial charge is 0.331 e. The summed E-state index contributed by atoms with van der Waals surface area (Å²) < 4.78 is 10.3. The van der Waals surface area contributed by atoms with E-state index in [-0.39, 0.29) is 5.97 Å². The van der Waals surface area contributed by atoms with Crippen molar-refractivity contribution in [3.8, 4) is 5.75 Å². The zero-order chi connectivity index (χ0) is 14.9. The fraction of sp³-hybridized carbons (Fsp3) is 0.562. The van der Waals surface area contributed by atoms with Gasteiger partial charge in [-0.15, -0.1) is 0 Å². The molecule has 0 spiro atoms. The molecule has 0 saturated carbocycles. The van der Waals surface area contributed by atoms with Crippen LogP contribution < -0.4 is 10.1 Å². The van der Waals surface area contributed by atoms with Crippen molar-refractivity contribution >= 4 is 11.7 Å². The van der Waals surface area contributed by atoms with E-state index in [9.17, 15) is 4.79 Å². The fourth-order valence-electron chi connectivity index (χ4n) is 3.57. The van der Waals surface area contributed by atoms with Crippen molar-refractivity contribution in [2.75, 3.05) is 39.2 Å². The maximum atomic E-state index is 12.5. The molecule has 5 heteroatoms. The lowest BCUT2D eigenvalue weighted by Crippen LogP contribution is -2.57. The second-order valence-electron chi connectivity index (χ2n) is 5.85. The van der Waals surface area contributed by atoms with E-state index in [1.165, 1.54) is 7.11 Å². The third-order valence-corrected chi connectivity index (χ3v) is 4.80. The van der Waals surface area contributed by atoms with E-state index in [0.717, 1.165) is 43.9 Å². The van der Waals surface area contributed by atoms with Gasteiger partial charge in [0.1, 0.15) is 11.3 Å². The minimum atomic E-state index is -0.601. The molecule has 2 aliphatic heterocycles. The van der Waals surface area contributed by atoms with Crippen LogP contribution in [0.3, 0.4) is 0 Å². The number of ether oxygens (including phenoxy) is 2. The normalized spacial score (nSPS) is 30.8. The number of rotatable bonds is 4. The summed E-state index contributed by atoms with van der Waals surface area (Å²) in [5, 5.41) is 3.47. The van der Waals surface area contributed by atoms with E-state index in [1.54, 1.807) is 7.11 Å². The van der Waals surface area contributed by atoms with Crippen LogP contribution in [0.25, 0.3) is 0 Å². The van der Waals surface area contributed by atoms with Gasteiger partial charge >= 0.3 is 5.97 Å². The predicted octanol–water partition coefficient (Wildman–Crippen LogP) is 1.74. The van der Waals surface area contributed by atoms with Crippen LogP contribution in [0.5, 0.6) is 5.75 Å². The molecule has 2 heterocycles. The highest BCUT2D eigenvalue weighted by molar-refractivity contribution is 5.85. The molecule has 0 aromatic heterocycles. The summed E-state index contributed by atoms with van der Waals surface area (Å²) in [4.78, 5) is 14.9. The van der Waals surface area contributed by atoms with Gasteiger partial charge in [0.05, 0.1) is 14.2 Å². The number of methoxy groups -OCH3 is 2. The van der Waals surface area contributed by atoms with E-state index in [2.05, 4.69) is 10.2 Å². The first-order chi connectivity index (χ1) is 10.2. The number of hydrogen-bond acceptors (Lipinski definition) is 5. The number of nitrogens with zero attached hydrogens (tertiary/aromatic N) is 1. The highest BCUT2D eigenvalue weighted by atomic mass is 16.5. The summed E-state index contributed by atoms with van der Waals surface area (Å²) in [6.07, 6.45) is 1.83. The van der Waals surface area contributed by atoms with Gasteiger partial charge in [0.2, 0.25) is 0 Å². The molecule has 2 bridgehead atoms. The fourth-order valence-corrected chi connectivity index (χ4v) is 3.57. The Morgan fingerprint density at radius 3 is 2.71 bits per heavy atom. The Morgan fingerprint density at radius 1 is 1.29 bits per heavy atom. The lowest BCUT2D eigenvalue weighted by molar-refractivity contribution is -0.149. The number of carbonyl (C=O) groups excluding carboxylic acids is 1. The average Bonchev–Trinajstić information content (AvgIpc) is 2.94. The topological polar surface area (TPSA) is 50.8 Å². The van der Waals surface area contributed by atoms with E-state index in [0.29, 0.717) is 5.92 Å². The maximum absolute atomic E-state index is 12.5. The zero-order valence-electron chi connectivity index (χ0n) is 12.6. The number of anilines is 1. The van der Waals surface area contributed by atoms with Crippen LogP contribution in [0.1, 0.15) is 12.8 Å². The molecule has 3 rings (SSSR count). The molecule has 1 aromatic rings. The number of piperidine rings is 1. The molecule has 3 atom stereocenters. The first kappa shape index (κ1) is 14.2. The molecule has 5 nitrogen and oxygen atoms in total. The molecule has 21 heavy (non-hydrogen) atoms. The van der Waals surface area contributed by atoms with E-state index in [1.807, 2.05) is 24.3 Å². The molecule has 2 fully saturated rings. The molecule has 0 radical (unpaired) electrons. The Morgan fingerprint density at radius 2 is 2.05 bits per heavy atom. The molecule has 0 amide bonds. The van der Waals surface area contributed by atoms with Crippen molar-refractivity contribution in [1.82, 2.24) is 4.90 Å². The second-order valence-corrected chi connectivity index (χ2v) is 5.85. The van der Waals surface area contributed by atoms with Crippen molar-refractivity contribution in [2.24, 2.45) is 5.92 Å². The summed E-state index contributed by atoms with van der Waals surface area (Å²) in [6.45, 7) is 2.99. The highest BCUT2D eigenvalue weighted by Gasteiger charge is 2.52. The monoisotopic (exact) mass is 290 g/mol. The van der Waals surface area contributed by atoms with Gasteiger partial charge in [0.15, 0.2) is 0 Å². The number of benzene rings is 1. The minimum Gasteiger partial charge on any atom is -0.497 e. The molecule has 114 valence electrons. The Hall–Kier alpha value is -1.75. The summed E-state index contributed by atoms with van der Waals surface area (Å²) in [6, 6.07) is 7.70. The van der Waals surface area contributed by atoms with Crippen molar-refractivity contribution in [1.29, 1.82) is 0 Å². The van der Waals surface area contributed by atoms with Gasteiger partial charge in [-0.2, -0.15) is 0 Å². The minimum absolute atomic E-state index is 0.148. The first-order valence-corrected chi connectivity index (χ1v) is 7.41. The van der Waals surface area contributed by atoms with Crippen molar-refractivity contribution in [3.05, 3.63) is 24.3 Å². The molecular formula is C16H22N2O3. The Bertz CT molecular complexity index is 517. The number of carbonyl (C=O) groups is 1. The van der Waals surface area contributed by atoms with Gasteiger partial charge in [0.25, 0.3) is 0 Å². The summed E-state index contributed by atoms with van der Waals surface area (Å²) in [7, 11) is 3.12. The molecule has 1 aromatic carbocycles. The summed E-state index contributed by atoms with van der Waals surface area (Å²) in [5.41, 5.74) is 0.331. The standard InChI is InChI=1S/C16H22N2O3/c1-20-14-5-3-13(4-6-14)17-16(15(19)21-2)8-10-18-9-7-12(16)11-18/h3-6,12,17H,7-11H2,1-2H3. The van der Waals surface area contributed by atoms with Crippen molar-refractivity contribution in [3.63, 3.8) is 0 Å². The van der Waals surface area contributed by atoms with Crippen LogP contribution in [0.2, 0.25) is 0 Å². The highest BCUT2D eigenvalue weighted by Crippen LogP contribution is 2.39. The Balaban J connectivity index is 1.87. The van der Waals surface area contributed by atoms with Crippen LogP contribution in [0.15, 0.2) is 24.3 Å². The van der Waals surface area contributed by atoms with Crippen molar-refractivity contribution in [2.45, 2.75) is 18.4 Å². The predicted molar refractivity (Wildman–Crippen MR) is 80.5 cm³/mol. The van der Waals surface area contributed by atoms with Crippen LogP contribution in [0.4, 0.5) is 5.69 Å². The van der Waals surface area contributed by atoms with Gasteiger partial charge in [-0.3, -0.25) is 0 Å². The Labute approximate surface area is 125 Å². The SMILES string of the molecule is COC(=O)C1(Nc2ccc(OC)cc2)CCN2CCC1C2. The third kappa shape index (κ3) is 2.46. The maximum Gasteiger partial charge on any atom is 0.331 e. The number of fused-ring (bicyclic) bond motifs is 2. The number of nitrogens with one attached hydrogen (secondary N) is 1. The molecular weight excluding hydrogens is 268 g/mol. The van der Waals surface area contributed by atoms with Gasteiger partial charge in [0, 0.05) is 24.7 Å². The summed E-state index contributed by atoms with van der Waals surface area (Å²) in [5.74, 6) is 0.967. The van der Waals surface area contributed by atoms with Gasteiger partial charge in [-0.1, -0.05) is 0 Å². The second kappa shape index (κ2) is 5.56. The number of hydrogen-bond donors (Lipinski definition) is 1. The zero-order valence-corrected chi connectivity index (χ0v) is 12.6. The van der Waals surface area contributed by atoms with E-state index >= 15 is 0 Å². The molecule has 0 aliphatic carbocycles. The van der Waals surface area contributed by atoms with Gasteiger partial charge in [-0.05, 0) is 43.7 Å². The lowest BCUT2D eigenvalue weighted by atomic mass is 9.78. The Kier molecular flexibility index (Phi) is 3.76. The summed E-state index contributed by atoms with van der Waals surface area (Å²) >= 11 is 0.